The Morgan fingerprint density at radius 2 is 1.75 bits per heavy atom. The maximum atomic E-state index is 12.4. The molecule has 0 aromatic heterocycles. The first-order valence-corrected chi connectivity index (χ1v) is 9.25. The minimum Gasteiger partial charge on any atom is -0.490 e. The number of anilines is 1. The third-order valence-corrected chi connectivity index (χ3v) is 4.15. The van der Waals surface area contributed by atoms with E-state index in [4.69, 9.17) is 9.47 Å². The molecule has 0 spiro atoms. The van der Waals surface area contributed by atoms with Gasteiger partial charge in [-0.3, -0.25) is 9.00 Å². The lowest BCUT2D eigenvalue weighted by Crippen LogP contribution is -2.12. The van der Waals surface area contributed by atoms with E-state index in [-0.39, 0.29) is 5.91 Å². The monoisotopic (exact) mass is 347 g/mol. The van der Waals surface area contributed by atoms with E-state index in [1.807, 2.05) is 13.8 Å². The fraction of sp³-hybridized carbons (Fsp3) is 0.278. The Balaban J connectivity index is 2.21. The van der Waals surface area contributed by atoms with Crippen molar-refractivity contribution in [1.29, 1.82) is 0 Å². The Labute approximate surface area is 144 Å². The lowest BCUT2D eigenvalue weighted by atomic mass is 10.2. The number of benzene rings is 2. The molecule has 1 atom stereocenters. The first kappa shape index (κ1) is 18.0. The molecule has 1 N–H and O–H groups in total. The first-order valence-electron chi connectivity index (χ1n) is 7.69. The van der Waals surface area contributed by atoms with Crippen molar-refractivity contribution in [1.82, 2.24) is 0 Å². The predicted molar refractivity (Wildman–Crippen MR) is 95.5 cm³/mol. The molecule has 2 aromatic carbocycles. The van der Waals surface area contributed by atoms with Crippen LogP contribution in [0.3, 0.4) is 0 Å². The zero-order valence-corrected chi connectivity index (χ0v) is 14.8. The first-order chi connectivity index (χ1) is 11.5. The van der Waals surface area contributed by atoms with Crippen LogP contribution in [0.5, 0.6) is 11.5 Å². The smallest absolute Gasteiger partial charge is 0.255 e. The van der Waals surface area contributed by atoms with Crippen LogP contribution in [0.4, 0.5) is 5.69 Å². The number of amides is 1. The predicted octanol–water partition coefficient (Wildman–Crippen LogP) is 3.47. The fourth-order valence-electron chi connectivity index (χ4n) is 2.15. The molecule has 0 saturated heterocycles. The Bertz CT molecular complexity index is 746. The van der Waals surface area contributed by atoms with Crippen LogP contribution >= 0.6 is 0 Å². The Morgan fingerprint density at radius 1 is 1.04 bits per heavy atom. The van der Waals surface area contributed by atoms with E-state index < -0.39 is 10.8 Å². The molecular formula is C18H21NO4S. The molecule has 2 rings (SSSR count). The van der Waals surface area contributed by atoms with Crippen molar-refractivity contribution in [2.75, 3.05) is 24.8 Å². The van der Waals surface area contributed by atoms with Crippen molar-refractivity contribution in [3.05, 3.63) is 48.0 Å². The minimum atomic E-state index is -1.10. The molecule has 128 valence electrons. The third kappa shape index (κ3) is 4.58. The maximum Gasteiger partial charge on any atom is 0.255 e. The molecule has 24 heavy (non-hydrogen) atoms. The van der Waals surface area contributed by atoms with Crippen LogP contribution < -0.4 is 14.8 Å². The topological polar surface area (TPSA) is 64.6 Å². The Hall–Kier alpha value is -2.34. The average molecular weight is 347 g/mol. The molecule has 1 unspecified atom stereocenters. The molecule has 0 heterocycles. The second kappa shape index (κ2) is 8.49. The summed E-state index contributed by atoms with van der Waals surface area (Å²) in [5.74, 6) is 0.882. The zero-order chi connectivity index (χ0) is 17.5. The number of hydrogen-bond donors (Lipinski definition) is 1. The highest BCUT2D eigenvalue weighted by Gasteiger charge is 2.12. The Morgan fingerprint density at radius 3 is 2.42 bits per heavy atom. The largest absolute Gasteiger partial charge is 0.490 e. The summed E-state index contributed by atoms with van der Waals surface area (Å²) < 4.78 is 22.6. The summed E-state index contributed by atoms with van der Waals surface area (Å²) >= 11 is 0. The second-order valence-corrected chi connectivity index (χ2v) is 6.34. The quantitative estimate of drug-likeness (QED) is 0.833. The van der Waals surface area contributed by atoms with Crippen LogP contribution in [0, 0.1) is 0 Å². The average Bonchev–Trinajstić information content (AvgIpc) is 2.57. The van der Waals surface area contributed by atoms with Gasteiger partial charge in [0.25, 0.3) is 5.91 Å². The van der Waals surface area contributed by atoms with E-state index in [9.17, 15) is 9.00 Å². The van der Waals surface area contributed by atoms with E-state index in [0.29, 0.717) is 40.9 Å². The summed E-state index contributed by atoms with van der Waals surface area (Å²) in [6.07, 6.45) is 1.60. The van der Waals surface area contributed by atoms with Crippen LogP contribution in [0.15, 0.2) is 47.4 Å². The molecule has 0 aliphatic heterocycles. The van der Waals surface area contributed by atoms with Gasteiger partial charge in [0, 0.05) is 33.2 Å². The molecule has 0 bridgehead atoms. The van der Waals surface area contributed by atoms with E-state index in [2.05, 4.69) is 5.32 Å². The third-order valence-electron chi connectivity index (χ3n) is 3.23. The van der Waals surface area contributed by atoms with Gasteiger partial charge >= 0.3 is 0 Å². The molecular weight excluding hydrogens is 326 g/mol. The van der Waals surface area contributed by atoms with Crippen molar-refractivity contribution >= 4 is 22.4 Å². The van der Waals surface area contributed by atoms with Gasteiger partial charge in [-0.25, -0.2) is 0 Å². The molecule has 0 fully saturated rings. The minimum absolute atomic E-state index is 0.266. The second-order valence-electron chi connectivity index (χ2n) is 4.96. The summed E-state index contributed by atoms with van der Waals surface area (Å²) in [6, 6.07) is 12.0. The number of carbonyl (C=O) groups is 1. The van der Waals surface area contributed by atoms with Gasteiger partial charge in [0.2, 0.25) is 0 Å². The number of hydrogen-bond acceptors (Lipinski definition) is 4. The summed E-state index contributed by atoms with van der Waals surface area (Å²) in [4.78, 5) is 13.1. The van der Waals surface area contributed by atoms with Gasteiger partial charge in [0.1, 0.15) is 0 Å². The van der Waals surface area contributed by atoms with Gasteiger partial charge in [-0.1, -0.05) is 6.07 Å². The lowest BCUT2D eigenvalue weighted by Gasteiger charge is -2.12. The van der Waals surface area contributed by atoms with Crippen LogP contribution in [0.1, 0.15) is 24.2 Å². The molecule has 2 aromatic rings. The molecule has 0 radical (unpaired) electrons. The Kier molecular flexibility index (Phi) is 6.37. The molecule has 0 aliphatic rings. The van der Waals surface area contributed by atoms with Gasteiger partial charge in [0.15, 0.2) is 11.5 Å². The van der Waals surface area contributed by atoms with Gasteiger partial charge in [-0.05, 0) is 50.2 Å². The summed E-state index contributed by atoms with van der Waals surface area (Å²) in [7, 11) is -1.10. The van der Waals surface area contributed by atoms with Crippen molar-refractivity contribution in [2.45, 2.75) is 18.7 Å². The van der Waals surface area contributed by atoms with Crippen molar-refractivity contribution in [3.8, 4) is 11.5 Å². The molecule has 0 saturated carbocycles. The van der Waals surface area contributed by atoms with Gasteiger partial charge in [0.05, 0.1) is 13.2 Å². The maximum absolute atomic E-state index is 12.4. The number of nitrogens with one attached hydrogen (secondary N) is 1. The van der Waals surface area contributed by atoms with Crippen molar-refractivity contribution < 1.29 is 18.5 Å². The van der Waals surface area contributed by atoms with E-state index in [1.165, 1.54) is 0 Å². The van der Waals surface area contributed by atoms with Gasteiger partial charge in [-0.2, -0.15) is 0 Å². The fourth-order valence-corrected chi connectivity index (χ4v) is 2.71. The van der Waals surface area contributed by atoms with E-state index in [0.717, 1.165) is 0 Å². The van der Waals surface area contributed by atoms with Gasteiger partial charge in [-0.15, -0.1) is 0 Å². The number of carbonyl (C=O) groups excluding carboxylic acids is 1. The highest BCUT2D eigenvalue weighted by molar-refractivity contribution is 7.84. The molecule has 6 heteroatoms. The summed E-state index contributed by atoms with van der Waals surface area (Å²) in [5, 5.41) is 2.80. The zero-order valence-electron chi connectivity index (χ0n) is 14.0. The van der Waals surface area contributed by atoms with Crippen molar-refractivity contribution in [3.63, 3.8) is 0 Å². The number of ether oxygens (including phenoxy) is 2. The normalized spacial score (nSPS) is 11.6. The van der Waals surface area contributed by atoms with Crippen LogP contribution in [-0.2, 0) is 10.8 Å². The molecule has 5 nitrogen and oxygen atoms in total. The molecule has 1 amide bonds. The lowest BCUT2D eigenvalue weighted by molar-refractivity contribution is 0.102. The highest BCUT2D eigenvalue weighted by Crippen LogP contribution is 2.29. The number of rotatable bonds is 7. The van der Waals surface area contributed by atoms with Gasteiger partial charge < -0.3 is 14.8 Å². The van der Waals surface area contributed by atoms with Crippen LogP contribution in [-0.4, -0.2) is 29.6 Å². The summed E-state index contributed by atoms with van der Waals surface area (Å²) in [6.45, 7) is 4.77. The molecule has 0 aliphatic carbocycles. The standard InChI is InChI=1S/C18H21NO4S/c1-4-22-16-10-9-13(11-17(16)23-5-2)18(20)19-14-7-6-8-15(12-14)24(3)21/h6-12H,4-5H2,1-3H3,(H,19,20). The van der Waals surface area contributed by atoms with Crippen LogP contribution in [0.2, 0.25) is 0 Å². The van der Waals surface area contributed by atoms with E-state index in [1.54, 1.807) is 48.7 Å². The van der Waals surface area contributed by atoms with Crippen molar-refractivity contribution in [2.24, 2.45) is 0 Å². The van der Waals surface area contributed by atoms with E-state index >= 15 is 0 Å². The van der Waals surface area contributed by atoms with Crippen LogP contribution in [0.25, 0.3) is 0 Å². The SMILES string of the molecule is CCOc1ccc(C(=O)Nc2cccc(S(C)=O)c2)cc1OCC. The summed E-state index contributed by atoms with van der Waals surface area (Å²) in [5.41, 5.74) is 1.06. The highest BCUT2D eigenvalue weighted by atomic mass is 32.2.